The first-order valence-electron chi connectivity index (χ1n) is 7.92. The van der Waals surface area contributed by atoms with E-state index in [4.69, 9.17) is 4.18 Å². The van der Waals surface area contributed by atoms with Crippen LogP contribution in [0.2, 0.25) is 0 Å². The van der Waals surface area contributed by atoms with E-state index in [2.05, 4.69) is 5.10 Å². The zero-order valence-corrected chi connectivity index (χ0v) is 15.5. The Bertz CT molecular complexity index is 1020. The van der Waals surface area contributed by atoms with Crippen molar-refractivity contribution in [2.45, 2.75) is 32.6 Å². The van der Waals surface area contributed by atoms with Gasteiger partial charge in [-0.1, -0.05) is 24.3 Å². The summed E-state index contributed by atoms with van der Waals surface area (Å²) in [5.41, 5.74) is 4.01. The quantitative estimate of drug-likeness (QED) is 0.666. The SMILES string of the molecule is Cc1cc(OS(=O)(=O)c2cc(C)c(C)cc2C)n(-c2ccccc2)n1. The molecular formula is C19H20N2O3S. The smallest absolute Gasteiger partial charge is 0.340 e. The molecule has 25 heavy (non-hydrogen) atoms. The summed E-state index contributed by atoms with van der Waals surface area (Å²) in [5.74, 6) is 0.168. The average Bonchev–Trinajstić information content (AvgIpc) is 2.91. The fraction of sp³-hybridized carbons (Fsp3) is 0.211. The van der Waals surface area contributed by atoms with E-state index in [1.54, 1.807) is 26.0 Å². The molecule has 3 rings (SSSR count). The Kier molecular flexibility index (Phi) is 4.39. The minimum Gasteiger partial charge on any atom is -0.358 e. The van der Waals surface area contributed by atoms with Crippen molar-refractivity contribution >= 4 is 10.1 Å². The van der Waals surface area contributed by atoms with Gasteiger partial charge in [0.15, 0.2) is 0 Å². The van der Waals surface area contributed by atoms with Gasteiger partial charge in [-0.3, -0.25) is 0 Å². The summed E-state index contributed by atoms with van der Waals surface area (Å²) in [7, 11) is -3.96. The number of aryl methyl sites for hydroxylation is 4. The molecule has 0 amide bonds. The number of aromatic nitrogens is 2. The molecule has 1 heterocycles. The van der Waals surface area contributed by atoms with Gasteiger partial charge in [0, 0.05) is 6.07 Å². The molecule has 0 radical (unpaired) electrons. The molecule has 0 aliphatic carbocycles. The molecule has 0 saturated carbocycles. The molecule has 0 N–H and O–H groups in total. The molecular weight excluding hydrogens is 336 g/mol. The van der Waals surface area contributed by atoms with Crippen molar-refractivity contribution < 1.29 is 12.6 Å². The lowest BCUT2D eigenvalue weighted by atomic mass is 10.1. The lowest BCUT2D eigenvalue weighted by Crippen LogP contribution is -2.14. The van der Waals surface area contributed by atoms with E-state index in [1.165, 1.54) is 4.68 Å². The van der Waals surface area contributed by atoms with Gasteiger partial charge in [0.25, 0.3) is 0 Å². The molecule has 5 nitrogen and oxygen atoms in total. The van der Waals surface area contributed by atoms with E-state index < -0.39 is 10.1 Å². The van der Waals surface area contributed by atoms with Gasteiger partial charge >= 0.3 is 10.1 Å². The average molecular weight is 356 g/mol. The van der Waals surface area contributed by atoms with Crippen molar-refractivity contribution in [1.82, 2.24) is 9.78 Å². The maximum atomic E-state index is 12.8. The summed E-state index contributed by atoms with van der Waals surface area (Å²) in [6.45, 7) is 7.39. The standard InChI is InChI=1S/C19H20N2O3S/c1-13-10-15(3)18(11-14(13)2)25(22,23)24-19-12-16(4)20-21(19)17-8-6-5-7-9-17/h5-12H,1-4H3. The van der Waals surface area contributed by atoms with Gasteiger partial charge in [0.2, 0.25) is 5.88 Å². The Morgan fingerprint density at radius 2 is 1.52 bits per heavy atom. The number of rotatable bonds is 4. The van der Waals surface area contributed by atoms with E-state index in [0.29, 0.717) is 11.3 Å². The molecule has 0 fully saturated rings. The highest BCUT2D eigenvalue weighted by Crippen LogP contribution is 2.26. The molecule has 130 valence electrons. The van der Waals surface area contributed by atoms with Crippen LogP contribution in [0.25, 0.3) is 5.69 Å². The summed E-state index contributed by atoms with van der Waals surface area (Å²) in [5, 5.41) is 4.34. The predicted molar refractivity (Wildman–Crippen MR) is 96.8 cm³/mol. The van der Waals surface area contributed by atoms with E-state index >= 15 is 0 Å². The number of benzene rings is 2. The van der Waals surface area contributed by atoms with Crippen LogP contribution in [-0.4, -0.2) is 18.2 Å². The predicted octanol–water partition coefficient (Wildman–Crippen LogP) is 3.87. The minimum absolute atomic E-state index is 0.168. The van der Waals surface area contributed by atoms with Gasteiger partial charge in [-0.25, -0.2) is 0 Å². The second kappa shape index (κ2) is 6.37. The van der Waals surface area contributed by atoms with Crippen molar-refractivity contribution in [2.75, 3.05) is 0 Å². The molecule has 0 atom stereocenters. The van der Waals surface area contributed by atoms with Crippen LogP contribution in [-0.2, 0) is 10.1 Å². The largest absolute Gasteiger partial charge is 0.358 e. The summed E-state index contributed by atoms with van der Waals surface area (Å²) in [4.78, 5) is 0.175. The van der Waals surface area contributed by atoms with Gasteiger partial charge < -0.3 is 4.18 Å². The van der Waals surface area contributed by atoms with Crippen LogP contribution in [0.1, 0.15) is 22.4 Å². The van der Waals surface area contributed by atoms with Gasteiger partial charge in [-0.15, -0.1) is 0 Å². The number of nitrogens with zero attached hydrogens (tertiary/aromatic N) is 2. The maximum absolute atomic E-state index is 12.8. The second-order valence-corrected chi connectivity index (χ2v) is 7.63. The Labute approximate surface area is 148 Å². The molecule has 1 aromatic heterocycles. The maximum Gasteiger partial charge on any atom is 0.340 e. The molecule has 3 aromatic rings. The zero-order valence-electron chi connectivity index (χ0n) is 14.6. The fourth-order valence-corrected chi connectivity index (χ4v) is 3.86. The van der Waals surface area contributed by atoms with Gasteiger partial charge in [0.1, 0.15) is 4.90 Å². The van der Waals surface area contributed by atoms with Gasteiger partial charge in [-0.2, -0.15) is 18.2 Å². The summed E-state index contributed by atoms with van der Waals surface area (Å²) in [6, 6.07) is 14.4. The third-order valence-electron chi connectivity index (χ3n) is 4.06. The third-order valence-corrected chi connectivity index (χ3v) is 5.42. The van der Waals surface area contributed by atoms with Crippen LogP contribution < -0.4 is 4.18 Å². The van der Waals surface area contributed by atoms with Crippen LogP contribution in [0, 0.1) is 27.7 Å². The molecule has 0 aliphatic rings. The lowest BCUT2D eigenvalue weighted by Gasteiger charge is -2.12. The summed E-state index contributed by atoms with van der Waals surface area (Å²) in [6.07, 6.45) is 0. The molecule has 0 bridgehead atoms. The van der Waals surface area contributed by atoms with Crippen molar-refractivity contribution in [2.24, 2.45) is 0 Å². The Morgan fingerprint density at radius 3 is 2.20 bits per heavy atom. The lowest BCUT2D eigenvalue weighted by molar-refractivity contribution is 0.464. The zero-order chi connectivity index (χ0) is 18.2. The Balaban J connectivity index is 2.05. The van der Waals surface area contributed by atoms with E-state index in [1.807, 2.05) is 50.2 Å². The van der Waals surface area contributed by atoms with Crippen LogP contribution in [0.5, 0.6) is 5.88 Å². The fourth-order valence-electron chi connectivity index (χ4n) is 2.65. The monoisotopic (exact) mass is 356 g/mol. The summed E-state index contributed by atoms with van der Waals surface area (Å²) < 4.78 is 32.6. The Hall–Kier alpha value is -2.60. The minimum atomic E-state index is -3.96. The van der Waals surface area contributed by atoms with Crippen molar-refractivity contribution in [3.8, 4) is 11.6 Å². The topological polar surface area (TPSA) is 61.2 Å². The first-order valence-corrected chi connectivity index (χ1v) is 9.33. The van der Waals surface area contributed by atoms with Crippen LogP contribution in [0.4, 0.5) is 0 Å². The second-order valence-electron chi connectivity index (χ2n) is 6.11. The first kappa shape index (κ1) is 17.2. The number of para-hydroxylation sites is 1. The van der Waals surface area contributed by atoms with Crippen LogP contribution in [0.3, 0.4) is 0 Å². The first-order chi connectivity index (χ1) is 11.8. The van der Waals surface area contributed by atoms with E-state index in [0.717, 1.165) is 16.8 Å². The van der Waals surface area contributed by atoms with Gasteiger partial charge in [0.05, 0.1) is 11.4 Å². The highest BCUT2D eigenvalue weighted by molar-refractivity contribution is 7.87. The number of hydrogen-bond acceptors (Lipinski definition) is 4. The van der Waals surface area contributed by atoms with Crippen molar-refractivity contribution in [3.05, 3.63) is 70.9 Å². The molecule has 0 aliphatic heterocycles. The molecule has 0 spiro atoms. The van der Waals surface area contributed by atoms with E-state index in [-0.39, 0.29) is 10.8 Å². The highest BCUT2D eigenvalue weighted by atomic mass is 32.2. The molecule has 0 saturated heterocycles. The van der Waals surface area contributed by atoms with E-state index in [9.17, 15) is 8.42 Å². The number of hydrogen-bond donors (Lipinski definition) is 0. The van der Waals surface area contributed by atoms with Crippen molar-refractivity contribution in [3.63, 3.8) is 0 Å². The molecule has 0 unspecified atom stereocenters. The summed E-state index contributed by atoms with van der Waals surface area (Å²) >= 11 is 0. The third kappa shape index (κ3) is 3.44. The molecule has 6 heteroatoms. The highest BCUT2D eigenvalue weighted by Gasteiger charge is 2.23. The van der Waals surface area contributed by atoms with Crippen molar-refractivity contribution in [1.29, 1.82) is 0 Å². The van der Waals surface area contributed by atoms with Crippen LogP contribution >= 0.6 is 0 Å². The van der Waals surface area contributed by atoms with Gasteiger partial charge in [-0.05, 0) is 62.6 Å². The van der Waals surface area contributed by atoms with Crippen LogP contribution in [0.15, 0.2) is 53.4 Å². The molecule has 2 aromatic carbocycles. The Morgan fingerprint density at radius 1 is 0.880 bits per heavy atom. The normalized spacial score (nSPS) is 11.5.